The van der Waals surface area contributed by atoms with Crippen molar-refractivity contribution in [1.29, 1.82) is 0 Å². The van der Waals surface area contributed by atoms with Gasteiger partial charge in [-0.3, -0.25) is 4.79 Å². The lowest BCUT2D eigenvalue weighted by Gasteiger charge is -2.34. The Morgan fingerprint density at radius 3 is 2.62 bits per heavy atom. The molecule has 9 nitrogen and oxygen atoms in total. The molecule has 2 aliphatic rings. The van der Waals surface area contributed by atoms with Crippen LogP contribution in [0.4, 0.5) is 30.5 Å². The summed E-state index contributed by atoms with van der Waals surface area (Å²) in [6.07, 6.45) is 1.58. The summed E-state index contributed by atoms with van der Waals surface area (Å²) in [6.45, 7) is 1.22. The minimum Gasteiger partial charge on any atom is -0.474 e. The zero-order valence-corrected chi connectivity index (χ0v) is 20.4. The number of nitrogens with zero attached hydrogens (tertiary/aromatic N) is 3. The maximum Gasteiger partial charge on any atom is 0.471 e. The number of nitrogens with one attached hydrogen (secondary N) is 2. The van der Waals surface area contributed by atoms with E-state index in [4.69, 9.17) is 9.47 Å². The largest absolute Gasteiger partial charge is 0.474 e. The number of amides is 1. The third-order valence-electron chi connectivity index (χ3n) is 6.16. The quantitative estimate of drug-likeness (QED) is 0.396. The Kier molecular flexibility index (Phi) is 7.01. The first kappa shape index (κ1) is 25.4. The molecular weight excluding hydrogens is 511 g/mol. The number of halogens is 3. The molecule has 0 unspecified atom stereocenters. The zero-order chi connectivity index (χ0) is 26.0. The first-order chi connectivity index (χ1) is 17.7. The van der Waals surface area contributed by atoms with Crippen molar-refractivity contribution in [3.63, 3.8) is 0 Å². The molecule has 0 radical (unpaired) electrons. The van der Waals surface area contributed by atoms with Gasteiger partial charge in [-0.2, -0.15) is 18.2 Å². The summed E-state index contributed by atoms with van der Waals surface area (Å²) >= 11 is 1.25. The third kappa shape index (κ3) is 6.00. The van der Waals surface area contributed by atoms with Crippen molar-refractivity contribution in [3.05, 3.63) is 41.7 Å². The molecule has 0 bridgehead atoms. The number of alkyl halides is 3. The number of benzene rings is 1. The molecule has 1 saturated carbocycles. The number of anilines is 3. The molecule has 1 aliphatic carbocycles. The number of aliphatic hydroxyl groups is 1. The van der Waals surface area contributed by atoms with Gasteiger partial charge in [0, 0.05) is 42.7 Å². The van der Waals surface area contributed by atoms with Crippen molar-refractivity contribution >= 4 is 34.6 Å². The fourth-order valence-electron chi connectivity index (χ4n) is 4.03. The van der Waals surface area contributed by atoms with Crippen LogP contribution >= 0.6 is 11.3 Å². The van der Waals surface area contributed by atoms with Gasteiger partial charge >= 0.3 is 12.1 Å². The molecule has 2 aromatic heterocycles. The fourth-order valence-corrected chi connectivity index (χ4v) is 5.08. The highest BCUT2D eigenvalue weighted by Gasteiger charge is 2.40. The lowest BCUT2D eigenvalue weighted by atomic mass is 9.81. The van der Waals surface area contributed by atoms with Crippen LogP contribution in [-0.2, 0) is 15.1 Å². The number of hydrogen-bond acceptors (Lipinski definition) is 9. The standard InChI is InChI=1S/C24H24F3N5O4S/c25-24(26,27)20(33)30-15-10-14(18-13-29-21(37-18)23(34)5-1-6-23)11-16(12-15)31-22-28-7-2-19(32-22)36-17-3-8-35-9-4-17/h2,7,10-13,17,34H,1,3-6,8-9H2,(H,30,33)(H,28,31,32). The molecule has 1 saturated heterocycles. The maximum atomic E-state index is 12.9. The molecule has 1 aliphatic heterocycles. The number of aromatic nitrogens is 3. The van der Waals surface area contributed by atoms with Gasteiger partial charge in [-0.15, -0.1) is 11.3 Å². The van der Waals surface area contributed by atoms with E-state index in [0.29, 0.717) is 53.1 Å². The maximum absolute atomic E-state index is 12.9. The van der Waals surface area contributed by atoms with Crippen molar-refractivity contribution in [2.24, 2.45) is 0 Å². The first-order valence-electron chi connectivity index (χ1n) is 11.7. The number of thiazole rings is 1. The third-order valence-corrected chi connectivity index (χ3v) is 7.40. The molecule has 196 valence electrons. The Bertz CT molecular complexity index is 1280. The molecule has 1 aromatic carbocycles. The van der Waals surface area contributed by atoms with Gasteiger partial charge in [-0.05, 0) is 43.0 Å². The van der Waals surface area contributed by atoms with Gasteiger partial charge in [-0.25, -0.2) is 9.97 Å². The zero-order valence-electron chi connectivity index (χ0n) is 19.5. The number of carbonyl (C=O) groups excluding carboxylic acids is 1. The van der Waals surface area contributed by atoms with Crippen LogP contribution in [0, 0.1) is 0 Å². The van der Waals surface area contributed by atoms with Crippen LogP contribution in [0.1, 0.15) is 37.1 Å². The molecule has 5 rings (SSSR count). The van der Waals surface area contributed by atoms with Crippen LogP contribution in [0.3, 0.4) is 0 Å². The van der Waals surface area contributed by atoms with Crippen molar-refractivity contribution in [2.75, 3.05) is 23.8 Å². The van der Waals surface area contributed by atoms with E-state index in [0.717, 1.165) is 19.3 Å². The number of rotatable bonds is 7. The van der Waals surface area contributed by atoms with Crippen molar-refractivity contribution in [2.45, 2.75) is 50.0 Å². The lowest BCUT2D eigenvalue weighted by Crippen LogP contribution is -2.33. The minimum absolute atomic E-state index is 0.0324. The second-order valence-electron chi connectivity index (χ2n) is 8.94. The Hall–Kier alpha value is -3.29. The van der Waals surface area contributed by atoms with Crippen LogP contribution in [0.25, 0.3) is 10.4 Å². The average molecular weight is 536 g/mol. The minimum atomic E-state index is -5.05. The van der Waals surface area contributed by atoms with Gasteiger partial charge in [0.15, 0.2) is 0 Å². The molecular formula is C24H24F3N5O4S. The Morgan fingerprint density at radius 2 is 1.92 bits per heavy atom. The van der Waals surface area contributed by atoms with Gasteiger partial charge in [0.05, 0.1) is 18.1 Å². The first-order valence-corrected chi connectivity index (χ1v) is 12.6. The predicted molar refractivity (Wildman–Crippen MR) is 130 cm³/mol. The second-order valence-corrected chi connectivity index (χ2v) is 9.97. The smallest absolute Gasteiger partial charge is 0.471 e. The van der Waals surface area contributed by atoms with Gasteiger partial charge in [-0.1, -0.05) is 0 Å². The Labute approximate surface area is 214 Å². The van der Waals surface area contributed by atoms with Crippen molar-refractivity contribution in [1.82, 2.24) is 15.0 Å². The Morgan fingerprint density at radius 1 is 1.16 bits per heavy atom. The topological polar surface area (TPSA) is 118 Å². The van der Waals surface area contributed by atoms with E-state index < -0.39 is 17.7 Å². The molecule has 3 N–H and O–H groups in total. The van der Waals surface area contributed by atoms with Gasteiger partial charge < -0.3 is 25.2 Å². The van der Waals surface area contributed by atoms with E-state index >= 15 is 0 Å². The number of hydrogen-bond donors (Lipinski definition) is 3. The van der Waals surface area contributed by atoms with Gasteiger partial charge in [0.2, 0.25) is 11.8 Å². The summed E-state index contributed by atoms with van der Waals surface area (Å²) in [4.78, 5) is 25.1. The molecule has 2 fully saturated rings. The second kappa shape index (κ2) is 10.2. The summed E-state index contributed by atoms with van der Waals surface area (Å²) in [5.74, 6) is -1.57. The average Bonchev–Trinajstić information content (AvgIpc) is 3.34. The van der Waals surface area contributed by atoms with E-state index in [1.807, 2.05) is 5.32 Å². The molecule has 3 heterocycles. The molecule has 0 atom stereocenters. The lowest BCUT2D eigenvalue weighted by molar-refractivity contribution is -0.167. The fraction of sp³-hybridized carbons (Fsp3) is 0.417. The van der Waals surface area contributed by atoms with Crippen LogP contribution in [0.2, 0.25) is 0 Å². The molecule has 3 aromatic rings. The molecule has 0 spiro atoms. The Balaban J connectivity index is 1.41. The monoisotopic (exact) mass is 535 g/mol. The van der Waals surface area contributed by atoms with E-state index in [9.17, 15) is 23.1 Å². The highest BCUT2D eigenvalue weighted by molar-refractivity contribution is 7.15. The number of ether oxygens (including phenoxy) is 2. The SMILES string of the molecule is O=C(Nc1cc(Nc2nccc(OC3CCOCC3)n2)cc(-c2cnc(C3(O)CCC3)s2)c1)C(F)(F)F. The highest BCUT2D eigenvalue weighted by atomic mass is 32.1. The van der Waals surface area contributed by atoms with Crippen LogP contribution in [0.15, 0.2) is 36.7 Å². The van der Waals surface area contributed by atoms with Crippen molar-refractivity contribution in [3.8, 4) is 16.3 Å². The summed E-state index contributed by atoms with van der Waals surface area (Å²) in [5, 5.41) is 16.0. The molecule has 1 amide bonds. The van der Waals surface area contributed by atoms with E-state index in [-0.39, 0.29) is 17.7 Å². The number of carbonyl (C=O) groups is 1. The van der Waals surface area contributed by atoms with Crippen LogP contribution in [-0.4, -0.2) is 51.5 Å². The van der Waals surface area contributed by atoms with E-state index in [1.165, 1.54) is 29.7 Å². The summed E-state index contributed by atoms with van der Waals surface area (Å²) in [6, 6.07) is 6.07. The highest BCUT2D eigenvalue weighted by Crippen LogP contribution is 2.44. The van der Waals surface area contributed by atoms with Crippen LogP contribution < -0.4 is 15.4 Å². The summed E-state index contributed by atoms with van der Waals surface area (Å²) in [7, 11) is 0. The molecule has 37 heavy (non-hydrogen) atoms. The normalized spacial score (nSPS) is 17.6. The summed E-state index contributed by atoms with van der Waals surface area (Å²) in [5.41, 5.74) is -0.196. The van der Waals surface area contributed by atoms with Crippen LogP contribution in [0.5, 0.6) is 5.88 Å². The van der Waals surface area contributed by atoms with Crippen molar-refractivity contribution < 1.29 is 32.5 Å². The summed E-state index contributed by atoms with van der Waals surface area (Å²) < 4.78 is 50.0. The van der Waals surface area contributed by atoms with E-state index in [1.54, 1.807) is 18.3 Å². The van der Waals surface area contributed by atoms with Gasteiger partial charge in [0.1, 0.15) is 16.7 Å². The van der Waals surface area contributed by atoms with Gasteiger partial charge in [0.25, 0.3) is 0 Å². The van der Waals surface area contributed by atoms with E-state index in [2.05, 4.69) is 20.3 Å². The molecule has 13 heteroatoms. The predicted octanol–water partition coefficient (Wildman–Crippen LogP) is 4.77.